The van der Waals surface area contributed by atoms with Gasteiger partial charge in [-0.3, -0.25) is 0 Å². The van der Waals surface area contributed by atoms with Crippen LogP contribution in [0.2, 0.25) is 15.1 Å². The largest absolute Gasteiger partial charge is 0.490 e. The maximum absolute atomic E-state index is 6.16. The summed E-state index contributed by atoms with van der Waals surface area (Å²) in [6.07, 6.45) is 4.46. The van der Waals surface area contributed by atoms with Crippen LogP contribution in [0.5, 0.6) is 5.75 Å². The van der Waals surface area contributed by atoms with Crippen LogP contribution in [0.3, 0.4) is 0 Å². The third-order valence-corrected chi connectivity index (χ3v) is 5.30. The number of ether oxygens (including phenoxy) is 1. The highest BCUT2D eigenvalue weighted by Gasteiger charge is 2.29. The van der Waals surface area contributed by atoms with Gasteiger partial charge in [0.05, 0.1) is 16.7 Å². The van der Waals surface area contributed by atoms with Gasteiger partial charge < -0.3 is 4.74 Å². The predicted molar refractivity (Wildman–Crippen MR) is 93.0 cm³/mol. The van der Waals surface area contributed by atoms with Crippen molar-refractivity contribution in [2.45, 2.75) is 39.5 Å². The lowest BCUT2D eigenvalue weighted by Crippen LogP contribution is -2.30. The van der Waals surface area contributed by atoms with Gasteiger partial charge in [-0.05, 0) is 25.0 Å². The Bertz CT molecular complexity index is 408. The van der Waals surface area contributed by atoms with Crippen LogP contribution in [0.1, 0.15) is 39.5 Å². The molecule has 0 amide bonds. The van der Waals surface area contributed by atoms with E-state index in [9.17, 15) is 0 Å². The number of halogens is 4. The number of hydrogen-bond acceptors (Lipinski definition) is 1. The van der Waals surface area contributed by atoms with Crippen LogP contribution >= 0.6 is 50.7 Å². The van der Waals surface area contributed by atoms with E-state index in [-0.39, 0.29) is 5.41 Å². The number of alkyl halides is 1. The van der Waals surface area contributed by atoms with Crippen molar-refractivity contribution in [3.05, 3.63) is 27.2 Å². The molecule has 114 valence electrons. The van der Waals surface area contributed by atoms with Crippen LogP contribution in [0.15, 0.2) is 12.1 Å². The molecule has 0 saturated heterocycles. The monoisotopic (exact) mass is 400 g/mol. The van der Waals surface area contributed by atoms with E-state index in [2.05, 4.69) is 29.8 Å². The van der Waals surface area contributed by atoms with Crippen molar-refractivity contribution < 1.29 is 4.74 Å². The van der Waals surface area contributed by atoms with Crippen LogP contribution in [-0.2, 0) is 0 Å². The average Bonchev–Trinajstić information content (AvgIpc) is 2.37. The molecule has 0 aliphatic rings. The molecule has 0 N–H and O–H groups in total. The molecule has 0 fully saturated rings. The Morgan fingerprint density at radius 3 is 1.95 bits per heavy atom. The van der Waals surface area contributed by atoms with E-state index in [1.54, 1.807) is 12.1 Å². The van der Waals surface area contributed by atoms with Gasteiger partial charge in [-0.1, -0.05) is 77.4 Å². The Morgan fingerprint density at radius 2 is 1.55 bits per heavy atom. The Labute approximate surface area is 145 Å². The van der Waals surface area contributed by atoms with Crippen molar-refractivity contribution in [3.8, 4) is 5.75 Å². The van der Waals surface area contributed by atoms with Gasteiger partial charge in [0, 0.05) is 15.8 Å². The first-order valence-corrected chi connectivity index (χ1v) is 9.07. The molecule has 1 nitrogen and oxygen atoms in total. The Kier molecular flexibility index (Phi) is 8.04. The van der Waals surface area contributed by atoms with E-state index in [0.717, 1.165) is 31.0 Å². The SMILES string of the molecule is CCCC(CBr)(CCC)COc1c(Cl)cc(Cl)cc1Cl. The topological polar surface area (TPSA) is 9.23 Å². The van der Waals surface area contributed by atoms with Gasteiger partial charge in [0.25, 0.3) is 0 Å². The Balaban J connectivity index is 2.87. The highest BCUT2D eigenvalue weighted by Crippen LogP contribution is 2.39. The third kappa shape index (κ3) is 4.98. The van der Waals surface area contributed by atoms with E-state index >= 15 is 0 Å². The van der Waals surface area contributed by atoms with E-state index in [1.807, 2.05) is 0 Å². The van der Waals surface area contributed by atoms with Gasteiger partial charge in [0.1, 0.15) is 0 Å². The van der Waals surface area contributed by atoms with E-state index < -0.39 is 0 Å². The van der Waals surface area contributed by atoms with Crippen LogP contribution < -0.4 is 4.74 Å². The second-order valence-corrected chi connectivity index (χ2v) is 6.93. The molecular formula is C15H20BrCl3O. The maximum atomic E-state index is 6.16. The molecule has 0 saturated carbocycles. The van der Waals surface area contributed by atoms with E-state index in [1.165, 1.54) is 0 Å². The summed E-state index contributed by atoms with van der Waals surface area (Å²) in [5, 5.41) is 2.34. The standard InChI is InChI=1S/C15H20BrCl3O/c1-3-5-15(9-16,6-4-2)10-20-14-12(18)7-11(17)8-13(14)19/h7-8H,3-6,9-10H2,1-2H3. The highest BCUT2D eigenvalue weighted by atomic mass is 79.9. The number of benzene rings is 1. The summed E-state index contributed by atoms with van der Waals surface area (Å²) in [5.41, 5.74) is 0.121. The summed E-state index contributed by atoms with van der Waals surface area (Å²) in [6.45, 7) is 4.98. The van der Waals surface area contributed by atoms with Gasteiger partial charge in [-0.2, -0.15) is 0 Å². The molecule has 5 heteroatoms. The lowest BCUT2D eigenvalue weighted by Gasteiger charge is -2.31. The Hall–Kier alpha value is 0.370. The second kappa shape index (κ2) is 8.73. The van der Waals surface area contributed by atoms with Crippen molar-refractivity contribution in [3.63, 3.8) is 0 Å². The van der Waals surface area contributed by atoms with Crippen LogP contribution in [0.4, 0.5) is 0 Å². The first-order chi connectivity index (χ1) is 9.48. The highest BCUT2D eigenvalue weighted by molar-refractivity contribution is 9.09. The summed E-state index contributed by atoms with van der Waals surface area (Å²) >= 11 is 21.8. The molecule has 0 bridgehead atoms. The fraction of sp³-hybridized carbons (Fsp3) is 0.600. The molecule has 0 heterocycles. The molecule has 0 radical (unpaired) electrons. The second-order valence-electron chi connectivity index (χ2n) is 5.12. The lowest BCUT2D eigenvalue weighted by atomic mass is 9.82. The van der Waals surface area contributed by atoms with Crippen molar-refractivity contribution in [1.82, 2.24) is 0 Å². The molecule has 1 aromatic carbocycles. The number of hydrogen-bond donors (Lipinski definition) is 0. The molecule has 0 spiro atoms. The molecule has 0 unspecified atom stereocenters. The van der Waals surface area contributed by atoms with Crippen LogP contribution in [0.25, 0.3) is 0 Å². The molecule has 0 aliphatic carbocycles. The zero-order valence-electron chi connectivity index (χ0n) is 11.8. The summed E-state index contributed by atoms with van der Waals surface area (Å²) in [6, 6.07) is 3.31. The normalized spacial score (nSPS) is 11.7. The smallest absolute Gasteiger partial charge is 0.156 e. The van der Waals surface area contributed by atoms with Gasteiger partial charge >= 0.3 is 0 Å². The molecule has 1 rings (SSSR count). The molecule has 1 aromatic rings. The minimum absolute atomic E-state index is 0.121. The van der Waals surface area contributed by atoms with Gasteiger partial charge in [0.15, 0.2) is 5.75 Å². The van der Waals surface area contributed by atoms with Gasteiger partial charge in [0.2, 0.25) is 0 Å². The minimum Gasteiger partial charge on any atom is -0.490 e. The summed E-state index contributed by atoms with van der Waals surface area (Å²) in [5.74, 6) is 0.523. The van der Waals surface area contributed by atoms with Crippen LogP contribution in [-0.4, -0.2) is 11.9 Å². The summed E-state index contributed by atoms with van der Waals surface area (Å²) in [7, 11) is 0. The molecule has 0 aromatic heterocycles. The van der Waals surface area contributed by atoms with Gasteiger partial charge in [-0.15, -0.1) is 0 Å². The first-order valence-electron chi connectivity index (χ1n) is 6.81. The molecule has 0 atom stereocenters. The van der Waals surface area contributed by atoms with Crippen molar-refractivity contribution in [2.75, 3.05) is 11.9 Å². The van der Waals surface area contributed by atoms with Crippen molar-refractivity contribution in [2.24, 2.45) is 5.41 Å². The van der Waals surface area contributed by atoms with Crippen molar-refractivity contribution >= 4 is 50.7 Å². The van der Waals surface area contributed by atoms with Crippen LogP contribution in [0, 0.1) is 5.41 Å². The first kappa shape index (κ1) is 18.4. The predicted octanol–water partition coefficient (Wildman–Crippen LogP) is 7.01. The Morgan fingerprint density at radius 1 is 1.05 bits per heavy atom. The lowest BCUT2D eigenvalue weighted by molar-refractivity contribution is 0.144. The quantitative estimate of drug-likeness (QED) is 0.425. The zero-order chi connectivity index (χ0) is 15.2. The van der Waals surface area contributed by atoms with Crippen molar-refractivity contribution in [1.29, 1.82) is 0 Å². The summed E-state index contributed by atoms with van der Waals surface area (Å²) in [4.78, 5) is 0. The summed E-state index contributed by atoms with van der Waals surface area (Å²) < 4.78 is 5.93. The van der Waals surface area contributed by atoms with Gasteiger partial charge in [-0.25, -0.2) is 0 Å². The van der Waals surface area contributed by atoms with E-state index in [0.29, 0.717) is 27.4 Å². The minimum atomic E-state index is 0.121. The number of rotatable bonds is 8. The molecular weight excluding hydrogens is 382 g/mol. The fourth-order valence-corrected chi connectivity index (χ4v) is 4.04. The molecule has 0 aliphatic heterocycles. The fourth-order valence-electron chi connectivity index (χ4n) is 2.39. The van der Waals surface area contributed by atoms with E-state index in [4.69, 9.17) is 39.5 Å². The molecule has 20 heavy (non-hydrogen) atoms. The zero-order valence-corrected chi connectivity index (χ0v) is 15.7. The third-order valence-electron chi connectivity index (χ3n) is 3.33. The average molecular weight is 403 g/mol. The maximum Gasteiger partial charge on any atom is 0.156 e.